The monoisotopic (exact) mass is 413 g/mol. The fraction of sp³-hybridized carbons (Fsp3) is 0.565. The van der Waals surface area contributed by atoms with E-state index < -0.39 is 0 Å². The first-order valence-electron chi connectivity index (χ1n) is 10.9. The van der Waals surface area contributed by atoms with Crippen molar-refractivity contribution >= 4 is 5.96 Å². The quantitative estimate of drug-likeness (QED) is 0.511. The number of hydrogen-bond donors (Lipinski definition) is 2. The van der Waals surface area contributed by atoms with Crippen LogP contribution in [0.1, 0.15) is 55.1 Å². The second kappa shape index (κ2) is 10.4. The number of methoxy groups -OCH3 is 1. The minimum Gasteiger partial charge on any atom is -0.493 e. The summed E-state index contributed by atoms with van der Waals surface area (Å²) in [5, 5.41) is 11.3. The van der Waals surface area contributed by atoms with E-state index in [0.717, 1.165) is 53.8 Å². The Balaban J connectivity index is 1.75. The van der Waals surface area contributed by atoms with Crippen molar-refractivity contribution in [3.05, 3.63) is 40.7 Å². The standard InChI is InChI=1S/C23H35N5O2/c1-6-24-23(26-15-20-16(2)27-28(4)17(20)3)25-14-18-10-9-13-21(29-5)22(18)30-19-11-7-8-12-19/h9-10,13,19H,6-8,11-12,14-15H2,1-5H3,(H2,24,25,26). The Hall–Kier alpha value is -2.70. The molecule has 0 bridgehead atoms. The number of nitrogens with one attached hydrogen (secondary N) is 2. The molecule has 0 radical (unpaired) electrons. The maximum Gasteiger partial charge on any atom is 0.191 e. The first-order valence-corrected chi connectivity index (χ1v) is 10.9. The lowest BCUT2D eigenvalue weighted by Gasteiger charge is -2.19. The maximum atomic E-state index is 6.34. The summed E-state index contributed by atoms with van der Waals surface area (Å²) < 4.78 is 13.8. The fourth-order valence-corrected chi connectivity index (χ4v) is 3.90. The number of aliphatic imine (C=N–C) groups is 1. The molecule has 0 atom stereocenters. The van der Waals surface area contributed by atoms with E-state index in [4.69, 9.17) is 14.5 Å². The van der Waals surface area contributed by atoms with Crippen LogP contribution in [0.5, 0.6) is 11.5 Å². The van der Waals surface area contributed by atoms with Gasteiger partial charge in [-0.05, 0) is 52.5 Å². The van der Waals surface area contributed by atoms with Gasteiger partial charge in [0.1, 0.15) is 0 Å². The first-order chi connectivity index (χ1) is 14.5. The molecule has 1 aromatic carbocycles. The smallest absolute Gasteiger partial charge is 0.191 e. The number of aryl methyl sites for hydroxylation is 2. The van der Waals surface area contributed by atoms with E-state index in [0.29, 0.717) is 13.1 Å². The van der Waals surface area contributed by atoms with Crippen LogP contribution in [0, 0.1) is 13.8 Å². The summed E-state index contributed by atoms with van der Waals surface area (Å²) in [6.45, 7) is 8.18. The van der Waals surface area contributed by atoms with Gasteiger partial charge in [-0.2, -0.15) is 5.10 Å². The van der Waals surface area contributed by atoms with Gasteiger partial charge in [0.15, 0.2) is 17.5 Å². The van der Waals surface area contributed by atoms with Gasteiger partial charge in [0.2, 0.25) is 0 Å². The number of nitrogens with zero attached hydrogens (tertiary/aromatic N) is 3. The van der Waals surface area contributed by atoms with Gasteiger partial charge in [-0.3, -0.25) is 4.68 Å². The van der Waals surface area contributed by atoms with Gasteiger partial charge >= 0.3 is 0 Å². The molecule has 1 saturated carbocycles. The third-order valence-corrected chi connectivity index (χ3v) is 5.71. The molecule has 0 spiro atoms. The van der Waals surface area contributed by atoms with Crippen LogP contribution in [0.2, 0.25) is 0 Å². The highest BCUT2D eigenvalue weighted by atomic mass is 16.5. The highest BCUT2D eigenvalue weighted by Crippen LogP contribution is 2.35. The minimum absolute atomic E-state index is 0.270. The predicted molar refractivity (Wildman–Crippen MR) is 120 cm³/mol. The molecule has 2 N–H and O–H groups in total. The highest BCUT2D eigenvalue weighted by Gasteiger charge is 2.20. The molecule has 0 amide bonds. The van der Waals surface area contributed by atoms with E-state index in [1.165, 1.54) is 18.4 Å². The van der Waals surface area contributed by atoms with Gasteiger partial charge in [-0.15, -0.1) is 0 Å². The number of rotatable bonds is 8. The minimum atomic E-state index is 0.270. The van der Waals surface area contributed by atoms with E-state index >= 15 is 0 Å². The molecule has 3 rings (SSSR count). The van der Waals surface area contributed by atoms with Crippen molar-refractivity contribution in [1.82, 2.24) is 20.4 Å². The van der Waals surface area contributed by atoms with Crippen LogP contribution in [-0.2, 0) is 20.1 Å². The average Bonchev–Trinajstić information content (AvgIpc) is 3.33. The summed E-state index contributed by atoms with van der Waals surface area (Å²) in [6, 6.07) is 6.01. The Morgan fingerprint density at radius 1 is 1.23 bits per heavy atom. The molecule has 7 nitrogen and oxygen atoms in total. The van der Waals surface area contributed by atoms with Gasteiger partial charge in [0, 0.05) is 37.0 Å². The van der Waals surface area contributed by atoms with Crippen molar-refractivity contribution in [2.45, 2.75) is 65.6 Å². The molecular formula is C23H35N5O2. The van der Waals surface area contributed by atoms with Gasteiger partial charge < -0.3 is 20.1 Å². The number of aromatic nitrogens is 2. The highest BCUT2D eigenvalue weighted by molar-refractivity contribution is 5.79. The normalized spacial score (nSPS) is 14.8. The third-order valence-electron chi connectivity index (χ3n) is 5.71. The number of ether oxygens (including phenoxy) is 2. The van der Waals surface area contributed by atoms with Crippen molar-refractivity contribution in [2.75, 3.05) is 13.7 Å². The van der Waals surface area contributed by atoms with Crippen LogP contribution in [0.15, 0.2) is 23.2 Å². The number of para-hydroxylation sites is 1. The van der Waals surface area contributed by atoms with Gasteiger partial charge in [-0.1, -0.05) is 12.1 Å². The SMILES string of the molecule is CCNC(=NCc1cccc(OC)c1OC1CCCC1)NCc1c(C)nn(C)c1C. The Kier molecular flexibility index (Phi) is 7.60. The molecule has 0 saturated heterocycles. The van der Waals surface area contributed by atoms with E-state index in [-0.39, 0.29) is 6.10 Å². The van der Waals surface area contributed by atoms with Crippen LogP contribution >= 0.6 is 0 Å². The summed E-state index contributed by atoms with van der Waals surface area (Å²) >= 11 is 0. The molecule has 1 aliphatic carbocycles. The van der Waals surface area contributed by atoms with Crippen molar-refractivity contribution in [3.8, 4) is 11.5 Å². The lowest BCUT2D eigenvalue weighted by molar-refractivity contribution is 0.198. The zero-order valence-corrected chi connectivity index (χ0v) is 18.9. The van der Waals surface area contributed by atoms with Crippen molar-refractivity contribution in [3.63, 3.8) is 0 Å². The second-order valence-electron chi connectivity index (χ2n) is 7.79. The summed E-state index contributed by atoms with van der Waals surface area (Å²) in [4.78, 5) is 4.81. The second-order valence-corrected chi connectivity index (χ2v) is 7.79. The molecule has 164 valence electrons. The summed E-state index contributed by atoms with van der Waals surface area (Å²) in [7, 11) is 3.66. The molecule has 0 unspecified atom stereocenters. The molecule has 1 aliphatic rings. The van der Waals surface area contributed by atoms with E-state index in [1.54, 1.807) is 7.11 Å². The van der Waals surface area contributed by atoms with Crippen LogP contribution in [0.25, 0.3) is 0 Å². The number of guanidine groups is 1. The fourth-order valence-electron chi connectivity index (χ4n) is 3.90. The van der Waals surface area contributed by atoms with Crippen molar-refractivity contribution in [2.24, 2.45) is 12.0 Å². The molecule has 2 aromatic rings. The number of hydrogen-bond acceptors (Lipinski definition) is 4. The van der Waals surface area contributed by atoms with Gasteiger partial charge in [-0.25, -0.2) is 4.99 Å². The molecule has 1 heterocycles. The topological polar surface area (TPSA) is 72.7 Å². The molecule has 1 aromatic heterocycles. The Labute approximate surface area is 179 Å². The molecule has 0 aliphatic heterocycles. The Bertz CT molecular complexity index is 869. The van der Waals surface area contributed by atoms with E-state index in [1.807, 2.05) is 30.8 Å². The Morgan fingerprint density at radius 2 is 2.00 bits per heavy atom. The van der Waals surface area contributed by atoms with Gasteiger partial charge in [0.25, 0.3) is 0 Å². The lowest BCUT2D eigenvalue weighted by Crippen LogP contribution is -2.37. The zero-order valence-electron chi connectivity index (χ0n) is 18.9. The number of benzene rings is 1. The summed E-state index contributed by atoms with van der Waals surface area (Å²) in [6.07, 6.45) is 4.94. The van der Waals surface area contributed by atoms with E-state index in [2.05, 4.69) is 35.6 Å². The van der Waals surface area contributed by atoms with Crippen LogP contribution < -0.4 is 20.1 Å². The van der Waals surface area contributed by atoms with E-state index in [9.17, 15) is 0 Å². The first kappa shape index (κ1) is 22.0. The van der Waals surface area contributed by atoms with Crippen LogP contribution in [-0.4, -0.2) is 35.5 Å². The average molecular weight is 414 g/mol. The largest absolute Gasteiger partial charge is 0.493 e. The maximum absolute atomic E-state index is 6.34. The zero-order chi connectivity index (χ0) is 21.5. The molecule has 7 heteroatoms. The third kappa shape index (κ3) is 5.26. The summed E-state index contributed by atoms with van der Waals surface area (Å²) in [5.41, 5.74) is 4.44. The van der Waals surface area contributed by atoms with Crippen molar-refractivity contribution in [1.29, 1.82) is 0 Å². The molecular weight excluding hydrogens is 378 g/mol. The summed E-state index contributed by atoms with van der Waals surface area (Å²) in [5.74, 6) is 2.37. The van der Waals surface area contributed by atoms with Crippen molar-refractivity contribution < 1.29 is 9.47 Å². The predicted octanol–water partition coefficient (Wildman–Crippen LogP) is 3.62. The molecule has 1 fully saturated rings. The lowest BCUT2D eigenvalue weighted by atomic mass is 10.1. The molecule has 30 heavy (non-hydrogen) atoms. The van der Waals surface area contributed by atoms with Gasteiger partial charge in [0.05, 0.1) is 25.5 Å². The van der Waals surface area contributed by atoms with Crippen LogP contribution in [0.3, 0.4) is 0 Å². The Morgan fingerprint density at radius 3 is 2.63 bits per heavy atom. The van der Waals surface area contributed by atoms with Crippen LogP contribution in [0.4, 0.5) is 0 Å².